The van der Waals surface area contributed by atoms with Gasteiger partial charge in [0, 0.05) is 12.1 Å². The van der Waals surface area contributed by atoms with E-state index >= 15 is 0 Å². The van der Waals surface area contributed by atoms with Crippen LogP contribution in [0.1, 0.15) is 27.2 Å². The normalized spacial score (nSPS) is 11.7. The van der Waals surface area contributed by atoms with E-state index in [0.29, 0.717) is 16.8 Å². The molecule has 0 radical (unpaired) electrons. The number of hydrogen-bond acceptors (Lipinski definition) is 2. The molecule has 0 fully saturated rings. The van der Waals surface area contributed by atoms with Crippen molar-refractivity contribution in [1.29, 1.82) is 0 Å². The Balaban J connectivity index is 1.58. The molecule has 0 saturated heterocycles. The standard InChI is InChI=1S/C22H16F4N2OS/c23-17-7-2-1-5-15(17)13-28-18-8-9-30-20(18)11-19(28)21(29)27-12-14-4-3-6-16(10-14)22(24,25)26/h1-11H,12-13H2,(H,27,29). The van der Waals surface area contributed by atoms with Gasteiger partial charge in [-0.15, -0.1) is 11.3 Å². The first-order valence-electron chi connectivity index (χ1n) is 9.07. The quantitative estimate of drug-likeness (QED) is 0.395. The number of rotatable bonds is 5. The van der Waals surface area contributed by atoms with Gasteiger partial charge in [-0.1, -0.05) is 30.3 Å². The van der Waals surface area contributed by atoms with Gasteiger partial charge >= 0.3 is 6.18 Å². The third-order valence-electron chi connectivity index (χ3n) is 4.75. The molecule has 30 heavy (non-hydrogen) atoms. The smallest absolute Gasteiger partial charge is 0.347 e. The van der Waals surface area contributed by atoms with Gasteiger partial charge in [0.15, 0.2) is 0 Å². The minimum atomic E-state index is -4.45. The first-order chi connectivity index (χ1) is 14.3. The van der Waals surface area contributed by atoms with Crippen LogP contribution >= 0.6 is 11.3 Å². The summed E-state index contributed by atoms with van der Waals surface area (Å²) in [7, 11) is 0. The molecule has 2 aromatic heterocycles. The Bertz CT molecular complexity index is 1210. The molecule has 0 saturated carbocycles. The molecule has 0 atom stereocenters. The average molecular weight is 432 g/mol. The Labute approximate surface area is 173 Å². The van der Waals surface area contributed by atoms with Crippen molar-refractivity contribution in [1.82, 2.24) is 9.88 Å². The number of hydrogen-bond donors (Lipinski definition) is 1. The predicted octanol–water partition coefficient (Wildman–Crippen LogP) is 5.84. The molecule has 0 aliphatic heterocycles. The fourth-order valence-electron chi connectivity index (χ4n) is 3.26. The second-order valence-electron chi connectivity index (χ2n) is 6.76. The lowest BCUT2D eigenvalue weighted by atomic mass is 10.1. The lowest BCUT2D eigenvalue weighted by Crippen LogP contribution is -2.26. The maximum Gasteiger partial charge on any atom is 0.416 e. The predicted molar refractivity (Wildman–Crippen MR) is 108 cm³/mol. The number of benzene rings is 2. The molecule has 0 spiro atoms. The number of carbonyl (C=O) groups excluding carboxylic acids is 1. The highest BCUT2D eigenvalue weighted by atomic mass is 32.1. The van der Waals surface area contributed by atoms with Gasteiger partial charge in [-0.3, -0.25) is 4.79 Å². The minimum Gasteiger partial charge on any atom is -0.347 e. The van der Waals surface area contributed by atoms with Crippen molar-refractivity contribution in [3.05, 3.63) is 94.2 Å². The summed E-state index contributed by atoms with van der Waals surface area (Å²) >= 11 is 1.45. The van der Waals surface area contributed by atoms with Crippen molar-refractivity contribution in [2.24, 2.45) is 0 Å². The van der Waals surface area contributed by atoms with E-state index < -0.39 is 17.6 Å². The first-order valence-corrected chi connectivity index (χ1v) is 9.95. The van der Waals surface area contributed by atoms with E-state index in [0.717, 1.165) is 22.3 Å². The number of thiophene rings is 1. The molecule has 4 rings (SSSR count). The summed E-state index contributed by atoms with van der Waals surface area (Å²) in [6.07, 6.45) is -4.45. The van der Waals surface area contributed by atoms with Crippen molar-refractivity contribution in [3.8, 4) is 0 Å². The number of aromatic nitrogens is 1. The van der Waals surface area contributed by atoms with Gasteiger partial charge in [0.05, 0.1) is 22.3 Å². The molecule has 3 nitrogen and oxygen atoms in total. The fourth-order valence-corrected chi connectivity index (χ4v) is 4.09. The van der Waals surface area contributed by atoms with Gasteiger partial charge in [0.25, 0.3) is 5.91 Å². The van der Waals surface area contributed by atoms with Crippen LogP contribution in [0, 0.1) is 5.82 Å². The van der Waals surface area contributed by atoms with Gasteiger partial charge in [-0.05, 0) is 41.3 Å². The molecule has 154 valence electrons. The van der Waals surface area contributed by atoms with Crippen LogP contribution in [-0.2, 0) is 19.3 Å². The molecule has 1 N–H and O–H groups in total. The molecule has 2 aromatic carbocycles. The molecular formula is C22H16F4N2OS. The molecule has 1 amide bonds. The SMILES string of the molecule is O=C(NCc1cccc(C(F)(F)F)c1)c1cc2sccc2n1Cc1ccccc1F. The molecule has 0 aliphatic rings. The van der Waals surface area contributed by atoms with Gasteiger partial charge in [-0.25, -0.2) is 4.39 Å². The van der Waals surface area contributed by atoms with Crippen LogP contribution in [0.25, 0.3) is 10.2 Å². The third-order valence-corrected chi connectivity index (χ3v) is 5.60. The number of fused-ring (bicyclic) bond motifs is 1. The van der Waals surface area contributed by atoms with Crippen LogP contribution < -0.4 is 5.32 Å². The zero-order valence-electron chi connectivity index (χ0n) is 15.5. The molecule has 2 heterocycles. The highest BCUT2D eigenvalue weighted by Gasteiger charge is 2.30. The molecule has 0 bridgehead atoms. The Morgan fingerprint density at radius 3 is 2.60 bits per heavy atom. The van der Waals surface area contributed by atoms with Crippen molar-refractivity contribution in [3.63, 3.8) is 0 Å². The zero-order chi connectivity index (χ0) is 21.3. The highest BCUT2D eigenvalue weighted by Crippen LogP contribution is 2.30. The van der Waals surface area contributed by atoms with Crippen molar-refractivity contribution < 1.29 is 22.4 Å². The minimum absolute atomic E-state index is 0.0543. The Morgan fingerprint density at radius 1 is 1.03 bits per heavy atom. The summed E-state index contributed by atoms with van der Waals surface area (Å²) in [4.78, 5) is 12.8. The van der Waals surface area contributed by atoms with Gasteiger partial charge < -0.3 is 9.88 Å². The molecule has 8 heteroatoms. The van der Waals surface area contributed by atoms with E-state index in [1.54, 1.807) is 28.8 Å². The summed E-state index contributed by atoms with van der Waals surface area (Å²) in [6, 6.07) is 14.7. The van der Waals surface area contributed by atoms with Gasteiger partial charge in [0.1, 0.15) is 11.5 Å². The Kier molecular flexibility index (Phi) is 5.34. The van der Waals surface area contributed by atoms with Crippen LogP contribution in [0.15, 0.2) is 66.0 Å². The van der Waals surface area contributed by atoms with Crippen molar-refractivity contribution in [2.45, 2.75) is 19.3 Å². The maximum absolute atomic E-state index is 14.1. The Hall–Kier alpha value is -3.13. The van der Waals surface area contributed by atoms with Gasteiger partial charge in [0.2, 0.25) is 0 Å². The van der Waals surface area contributed by atoms with E-state index in [-0.39, 0.29) is 18.9 Å². The second-order valence-corrected chi connectivity index (χ2v) is 7.71. The number of halogens is 4. The summed E-state index contributed by atoms with van der Waals surface area (Å²) in [5.74, 6) is -0.808. The number of alkyl halides is 3. The van der Waals surface area contributed by atoms with E-state index in [2.05, 4.69) is 5.32 Å². The first kappa shape index (κ1) is 20.2. The lowest BCUT2D eigenvalue weighted by molar-refractivity contribution is -0.137. The highest BCUT2D eigenvalue weighted by molar-refractivity contribution is 7.17. The van der Waals surface area contributed by atoms with E-state index in [1.165, 1.54) is 29.5 Å². The number of amides is 1. The van der Waals surface area contributed by atoms with Crippen LogP contribution in [0.2, 0.25) is 0 Å². The monoisotopic (exact) mass is 432 g/mol. The summed E-state index contributed by atoms with van der Waals surface area (Å²) < 4.78 is 55.4. The van der Waals surface area contributed by atoms with E-state index in [1.807, 2.05) is 11.4 Å². The largest absolute Gasteiger partial charge is 0.416 e. The number of nitrogens with one attached hydrogen (secondary N) is 1. The summed E-state index contributed by atoms with van der Waals surface area (Å²) in [5.41, 5.74) is 1.14. The zero-order valence-corrected chi connectivity index (χ0v) is 16.4. The molecule has 0 aliphatic carbocycles. The third kappa shape index (κ3) is 4.09. The maximum atomic E-state index is 14.1. The molecular weight excluding hydrogens is 416 g/mol. The van der Waals surface area contributed by atoms with E-state index in [9.17, 15) is 22.4 Å². The van der Waals surface area contributed by atoms with Crippen LogP contribution in [-0.4, -0.2) is 10.5 Å². The summed E-state index contributed by atoms with van der Waals surface area (Å²) in [6.45, 7) is 0.112. The fraction of sp³-hybridized carbons (Fsp3) is 0.136. The van der Waals surface area contributed by atoms with Crippen molar-refractivity contribution in [2.75, 3.05) is 0 Å². The molecule has 4 aromatic rings. The average Bonchev–Trinajstić information content (AvgIpc) is 3.30. The number of nitrogens with zero attached hydrogens (tertiary/aromatic N) is 1. The molecule has 0 unspecified atom stereocenters. The lowest BCUT2D eigenvalue weighted by Gasteiger charge is -2.12. The van der Waals surface area contributed by atoms with E-state index in [4.69, 9.17) is 0 Å². The second kappa shape index (κ2) is 7.95. The Morgan fingerprint density at radius 2 is 1.83 bits per heavy atom. The number of carbonyl (C=O) groups is 1. The van der Waals surface area contributed by atoms with Crippen LogP contribution in [0.5, 0.6) is 0 Å². The summed E-state index contributed by atoms with van der Waals surface area (Å²) in [5, 5.41) is 4.55. The van der Waals surface area contributed by atoms with Gasteiger partial charge in [-0.2, -0.15) is 13.2 Å². The topological polar surface area (TPSA) is 34.0 Å². The van der Waals surface area contributed by atoms with Crippen LogP contribution in [0.4, 0.5) is 17.6 Å². The van der Waals surface area contributed by atoms with Crippen LogP contribution in [0.3, 0.4) is 0 Å². The van der Waals surface area contributed by atoms with Crippen molar-refractivity contribution >= 4 is 27.5 Å².